The van der Waals surface area contributed by atoms with E-state index in [0.717, 1.165) is 11.4 Å². The van der Waals surface area contributed by atoms with Crippen LogP contribution in [-0.4, -0.2) is 20.9 Å². The fourth-order valence-corrected chi connectivity index (χ4v) is 2.22. The largest absolute Gasteiger partial charge is 0.478 e. The van der Waals surface area contributed by atoms with Gasteiger partial charge in [0.15, 0.2) is 0 Å². The van der Waals surface area contributed by atoms with Crippen molar-refractivity contribution in [2.45, 2.75) is 33.6 Å². The van der Waals surface area contributed by atoms with Crippen molar-refractivity contribution in [3.63, 3.8) is 0 Å². The van der Waals surface area contributed by atoms with Crippen molar-refractivity contribution in [2.75, 3.05) is 0 Å². The topological polar surface area (TPSA) is 55.1 Å². The standard InChI is InChI=1S/C15H18N2O2/c1-4-12-14(15(18)19)13(5-2)17(16-12)11-8-6-10(3)7-9-11/h6-9H,4-5H2,1-3H3,(H,18,19). The van der Waals surface area contributed by atoms with Gasteiger partial charge in [-0.15, -0.1) is 0 Å². The Bertz CT molecular complexity index is 597. The molecular formula is C15H18N2O2. The highest BCUT2D eigenvalue weighted by Crippen LogP contribution is 2.20. The van der Waals surface area contributed by atoms with Crippen LogP contribution >= 0.6 is 0 Å². The number of carbonyl (C=O) groups is 1. The summed E-state index contributed by atoms with van der Waals surface area (Å²) in [5, 5.41) is 13.8. The van der Waals surface area contributed by atoms with E-state index in [0.29, 0.717) is 24.1 Å². The molecule has 0 amide bonds. The number of hydrogen-bond donors (Lipinski definition) is 1. The normalized spacial score (nSPS) is 10.7. The maximum atomic E-state index is 11.4. The Morgan fingerprint density at radius 3 is 2.32 bits per heavy atom. The number of aromatic nitrogens is 2. The summed E-state index contributed by atoms with van der Waals surface area (Å²) in [5.41, 5.74) is 3.83. The molecule has 0 spiro atoms. The Morgan fingerprint density at radius 2 is 1.84 bits per heavy atom. The average molecular weight is 258 g/mol. The van der Waals surface area contributed by atoms with Gasteiger partial charge in [-0.2, -0.15) is 5.10 Å². The van der Waals surface area contributed by atoms with Gasteiger partial charge in [-0.1, -0.05) is 31.5 Å². The zero-order valence-electron chi connectivity index (χ0n) is 11.5. The molecule has 1 heterocycles. The summed E-state index contributed by atoms with van der Waals surface area (Å²) in [6, 6.07) is 7.93. The van der Waals surface area contributed by atoms with Gasteiger partial charge in [0.25, 0.3) is 0 Å². The minimum Gasteiger partial charge on any atom is -0.478 e. The number of aryl methyl sites for hydroxylation is 2. The molecule has 0 bridgehead atoms. The molecule has 19 heavy (non-hydrogen) atoms. The van der Waals surface area contributed by atoms with Crippen molar-refractivity contribution in [1.29, 1.82) is 0 Å². The number of nitrogens with zero attached hydrogens (tertiary/aromatic N) is 2. The molecule has 0 aliphatic carbocycles. The van der Waals surface area contributed by atoms with Crippen LogP contribution in [0.3, 0.4) is 0 Å². The summed E-state index contributed by atoms with van der Waals surface area (Å²) in [5.74, 6) is -0.896. The zero-order chi connectivity index (χ0) is 14.0. The third-order valence-electron chi connectivity index (χ3n) is 3.22. The fraction of sp³-hybridized carbons (Fsp3) is 0.333. The summed E-state index contributed by atoms with van der Waals surface area (Å²) >= 11 is 0. The SMILES string of the molecule is CCc1nn(-c2ccc(C)cc2)c(CC)c1C(=O)O. The molecular weight excluding hydrogens is 240 g/mol. The van der Waals surface area contributed by atoms with Crippen LogP contribution in [0.2, 0.25) is 0 Å². The molecule has 0 unspecified atom stereocenters. The third-order valence-corrected chi connectivity index (χ3v) is 3.22. The number of benzene rings is 1. The van der Waals surface area contributed by atoms with Crippen molar-refractivity contribution < 1.29 is 9.90 Å². The second kappa shape index (κ2) is 5.26. The first-order valence-corrected chi connectivity index (χ1v) is 6.49. The lowest BCUT2D eigenvalue weighted by Crippen LogP contribution is -2.06. The van der Waals surface area contributed by atoms with Crippen LogP contribution in [0, 0.1) is 6.92 Å². The Hall–Kier alpha value is -2.10. The monoisotopic (exact) mass is 258 g/mol. The fourth-order valence-electron chi connectivity index (χ4n) is 2.22. The van der Waals surface area contributed by atoms with Crippen LogP contribution in [0.5, 0.6) is 0 Å². The summed E-state index contributed by atoms with van der Waals surface area (Å²) in [4.78, 5) is 11.4. The molecule has 0 fully saturated rings. The maximum absolute atomic E-state index is 11.4. The highest BCUT2D eigenvalue weighted by molar-refractivity contribution is 5.90. The molecule has 0 saturated carbocycles. The van der Waals surface area contributed by atoms with Crippen LogP contribution in [0.1, 0.15) is 41.2 Å². The van der Waals surface area contributed by atoms with Crippen LogP contribution in [-0.2, 0) is 12.8 Å². The van der Waals surface area contributed by atoms with Gasteiger partial charge in [0, 0.05) is 0 Å². The number of aromatic carboxylic acids is 1. The minimum atomic E-state index is -0.896. The molecule has 1 N–H and O–H groups in total. The third kappa shape index (κ3) is 2.38. The maximum Gasteiger partial charge on any atom is 0.339 e. The van der Waals surface area contributed by atoms with Gasteiger partial charge in [-0.05, 0) is 31.9 Å². The van der Waals surface area contributed by atoms with Crippen molar-refractivity contribution in [3.8, 4) is 5.69 Å². The predicted molar refractivity (Wildman–Crippen MR) is 74.0 cm³/mol. The van der Waals surface area contributed by atoms with Crippen LogP contribution < -0.4 is 0 Å². The first-order chi connectivity index (χ1) is 9.08. The van der Waals surface area contributed by atoms with Crippen molar-refractivity contribution in [1.82, 2.24) is 9.78 Å². The van der Waals surface area contributed by atoms with Gasteiger partial charge in [0.05, 0.1) is 17.1 Å². The second-order valence-corrected chi connectivity index (χ2v) is 4.53. The highest BCUT2D eigenvalue weighted by Gasteiger charge is 2.21. The zero-order valence-corrected chi connectivity index (χ0v) is 11.5. The van der Waals surface area contributed by atoms with E-state index < -0.39 is 5.97 Å². The van der Waals surface area contributed by atoms with Gasteiger partial charge < -0.3 is 5.11 Å². The average Bonchev–Trinajstić information content (AvgIpc) is 2.78. The number of carboxylic acids is 1. The lowest BCUT2D eigenvalue weighted by Gasteiger charge is -2.06. The second-order valence-electron chi connectivity index (χ2n) is 4.53. The first kappa shape index (κ1) is 13.3. The molecule has 4 heteroatoms. The Kier molecular flexibility index (Phi) is 3.69. The molecule has 4 nitrogen and oxygen atoms in total. The van der Waals surface area contributed by atoms with E-state index in [9.17, 15) is 9.90 Å². The predicted octanol–water partition coefficient (Wildman–Crippen LogP) is 3.00. The summed E-state index contributed by atoms with van der Waals surface area (Å²) in [6.45, 7) is 5.90. The summed E-state index contributed by atoms with van der Waals surface area (Å²) in [7, 11) is 0. The quantitative estimate of drug-likeness (QED) is 0.917. The van der Waals surface area contributed by atoms with E-state index >= 15 is 0 Å². The molecule has 0 atom stereocenters. The van der Waals surface area contributed by atoms with Gasteiger partial charge in [0.1, 0.15) is 5.56 Å². The van der Waals surface area contributed by atoms with Crippen LogP contribution in [0.4, 0.5) is 0 Å². The molecule has 0 aliphatic heterocycles. The molecule has 1 aromatic heterocycles. The highest BCUT2D eigenvalue weighted by atomic mass is 16.4. The van der Waals surface area contributed by atoms with Crippen LogP contribution in [0.25, 0.3) is 5.69 Å². The minimum absolute atomic E-state index is 0.352. The molecule has 2 rings (SSSR count). The molecule has 1 aromatic carbocycles. The number of carboxylic acid groups (broad SMARTS) is 1. The summed E-state index contributed by atoms with van der Waals surface area (Å²) in [6.07, 6.45) is 1.26. The smallest absolute Gasteiger partial charge is 0.339 e. The van der Waals surface area contributed by atoms with E-state index in [1.54, 1.807) is 4.68 Å². The van der Waals surface area contributed by atoms with E-state index in [-0.39, 0.29) is 0 Å². The molecule has 100 valence electrons. The van der Waals surface area contributed by atoms with E-state index in [1.807, 2.05) is 45.0 Å². The van der Waals surface area contributed by atoms with Gasteiger partial charge >= 0.3 is 5.97 Å². The van der Waals surface area contributed by atoms with Gasteiger partial charge in [-0.3, -0.25) is 0 Å². The van der Waals surface area contributed by atoms with Gasteiger partial charge in [0.2, 0.25) is 0 Å². The van der Waals surface area contributed by atoms with Gasteiger partial charge in [-0.25, -0.2) is 9.48 Å². The van der Waals surface area contributed by atoms with E-state index in [1.165, 1.54) is 5.56 Å². The Balaban J connectivity index is 2.63. The van der Waals surface area contributed by atoms with Crippen molar-refractivity contribution in [3.05, 3.63) is 46.8 Å². The molecule has 0 aliphatic rings. The number of hydrogen-bond acceptors (Lipinski definition) is 2. The first-order valence-electron chi connectivity index (χ1n) is 6.49. The Morgan fingerprint density at radius 1 is 1.21 bits per heavy atom. The van der Waals surface area contributed by atoms with Crippen molar-refractivity contribution in [2.24, 2.45) is 0 Å². The van der Waals surface area contributed by atoms with Crippen molar-refractivity contribution >= 4 is 5.97 Å². The molecule has 2 aromatic rings. The number of rotatable bonds is 4. The van der Waals surface area contributed by atoms with E-state index in [4.69, 9.17) is 0 Å². The van der Waals surface area contributed by atoms with E-state index in [2.05, 4.69) is 5.10 Å². The van der Waals surface area contributed by atoms with Crippen LogP contribution in [0.15, 0.2) is 24.3 Å². The lowest BCUT2D eigenvalue weighted by atomic mass is 10.1. The summed E-state index contributed by atoms with van der Waals surface area (Å²) < 4.78 is 1.75. The molecule has 0 saturated heterocycles. The Labute approximate surface area is 112 Å². The lowest BCUT2D eigenvalue weighted by molar-refractivity contribution is 0.0694. The molecule has 0 radical (unpaired) electrons.